The molecule has 3 nitrogen and oxygen atoms in total. The molecular formula is C16H18N2OS. The van der Waals surface area contributed by atoms with Crippen LogP contribution in [-0.2, 0) is 5.75 Å². The van der Waals surface area contributed by atoms with Crippen LogP contribution < -0.4 is 0 Å². The molecule has 1 aromatic carbocycles. The third-order valence-electron chi connectivity index (χ3n) is 3.54. The average Bonchev–Trinajstić information content (AvgIpc) is 2.95. The van der Waals surface area contributed by atoms with Crippen LogP contribution in [0.2, 0.25) is 0 Å². The molecule has 1 saturated heterocycles. The van der Waals surface area contributed by atoms with Gasteiger partial charge in [-0.15, -0.1) is 0 Å². The van der Waals surface area contributed by atoms with Crippen LogP contribution in [0.3, 0.4) is 0 Å². The summed E-state index contributed by atoms with van der Waals surface area (Å²) in [6.45, 7) is 1.10. The molecule has 104 valence electrons. The number of aromatic nitrogens is 1. The summed E-state index contributed by atoms with van der Waals surface area (Å²) in [6.07, 6.45) is 4.25. The first-order valence-corrected chi connectivity index (χ1v) is 7.85. The lowest BCUT2D eigenvalue weighted by atomic mass is 10.1. The van der Waals surface area contributed by atoms with Gasteiger partial charge in [0.15, 0.2) is 0 Å². The van der Waals surface area contributed by atoms with E-state index in [9.17, 15) is 5.11 Å². The van der Waals surface area contributed by atoms with Crippen LogP contribution >= 0.6 is 11.9 Å². The molecule has 1 unspecified atom stereocenters. The first kappa shape index (κ1) is 13.5. The predicted molar refractivity (Wildman–Crippen MR) is 82.3 cm³/mol. The topological polar surface area (TPSA) is 36.4 Å². The summed E-state index contributed by atoms with van der Waals surface area (Å²) in [5.74, 6) is 1.23. The Morgan fingerprint density at radius 3 is 3.00 bits per heavy atom. The van der Waals surface area contributed by atoms with Gasteiger partial charge in [0.2, 0.25) is 0 Å². The van der Waals surface area contributed by atoms with E-state index in [1.165, 1.54) is 12.8 Å². The van der Waals surface area contributed by atoms with E-state index in [1.807, 2.05) is 36.3 Å². The van der Waals surface area contributed by atoms with Gasteiger partial charge in [0.05, 0.1) is 11.7 Å². The molecule has 1 aromatic heterocycles. The molecule has 0 spiro atoms. The number of hydrogen-bond donors (Lipinski definition) is 1. The van der Waals surface area contributed by atoms with Gasteiger partial charge in [0.25, 0.3) is 0 Å². The van der Waals surface area contributed by atoms with Crippen molar-refractivity contribution in [3.8, 4) is 5.75 Å². The Balaban J connectivity index is 1.65. The van der Waals surface area contributed by atoms with Crippen molar-refractivity contribution in [1.82, 2.24) is 9.29 Å². The van der Waals surface area contributed by atoms with Gasteiger partial charge in [-0.25, -0.2) is 4.31 Å². The smallest absolute Gasteiger partial charge is 0.115 e. The number of benzene rings is 1. The number of rotatable bonds is 4. The molecule has 1 aliphatic heterocycles. The van der Waals surface area contributed by atoms with Crippen LogP contribution in [0.5, 0.6) is 5.75 Å². The van der Waals surface area contributed by atoms with E-state index in [4.69, 9.17) is 0 Å². The van der Waals surface area contributed by atoms with Gasteiger partial charge in [-0.1, -0.05) is 30.1 Å². The quantitative estimate of drug-likeness (QED) is 0.868. The maximum Gasteiger partial charge on any atom is 0.115 e. The molecule has 0 radical (unpaired) electrons. The molecule has 1 N–H and O–H groups in total. The van der Waals surface area contributed by atoms with Crippen molar-refractivity contribution >= 4 is 11.9 Å². The minimum Gasteiger partial charge on any atom is -0.508 e. The highest BCUT2D eigenvalue weighted by Gasteiger charge is 2.27. The summed E-state index contributed by atoms with van der Waals surface area (Å²) < 4.78 is 2.42. The fraction of sp³-hybridized carbons (Fsp3) is 0.312. The monoisotopic (exact) mass is 286 g/mol. The molecule has 0 aliphatic carbocycles. The number of phenols is 1. The molecule has 1 aliphatic rings. The summed E-state index contributed by atoms with van der Waals surface area (Å²) in [6, 6.07) is 14.0. The van der Waals surface area contributed by atoms with E-state index in [0.29, 0.717) is 11.8 Å². The fourth-order valence-corrected chi connectivity index (χ4v) is 3.71. The Hall–Kier alpha value is -1.52. The Kier molecular flexibility index (Phi) is 4.23. The lowest BCUT2D eigenvalue weighted by Crippen LogP contribution is -2.16. The van der Waals surface area contributed by atoms with E-state index in [2.05, 4.69) is 27.5 Å². The Bertz CT molecular complexity index is 561. The van der Waals surface area contributed by atoms with Gasteiger partial charge >= 0.3 is 0 Å². The molecule has 0 bridgehead atoms. The minimum atomic E-state index is 0.339. The highest BCUT2D eigenvalue weighted by Crippen LogP contribution is 2.37. The SMILES string of the molecule is Oc1cccc(CSN2CCCC2c2ccccn2)c1. The number of pyridine rings is 1. The molecule has 0 saturated carbocycles. The zero-order valence-electron chi connectivity index (χ0n) is 11.3. The van der Waals surface area contributed by atoms with Crippen molar-refractivity contribution in [1.29, 1.82) is 0 Å². The maximum absolute atomic E-state index is 9.50. The van der Waals surface area contributed by atoms with Crippen molar-refractivity contribution in [2.24, 2.45) is 0 Å². The average molecular weight is 286 g/mol. The highest BCUT2D eigenvalue weighted by atomic mass is 32.2. The Labute approximate surface area is 123 Å². The van der Waals surface area contributed by atoms with Gasteiger partial charge in [0.1, 0.15) is 5.75 Å². The summed E-state index contributed by atoms with van der Waals surface area (Å²) in [5, 5.41) is 9.50. The summed E-state index contributed by atoms with van der Waals surface area (Å²) >= 11 is 1.83. The van der Waals surface area contributed by atoms with Gasteiger partial charge in [-0.3, -0.25) is 4.98 Å². The van der Waals surface area contributed by atoms with Crippen molar-refractivity contribution in [3.05, 3.63) is 59.9 Å². The van der Waals surface area contributed by atoms with Gasteiger partial charge in [-0.2, -0.15) is 0 Å². The number of phenolic OH excluding ortho intramolecular Hbond substituents is 1. The zero-order chi connectivity index (χ0) is 13.8. The second-order valence-corrected chi connectivity index (χ2v) is 6.01. The van der Waals surface area contributed by atoms with Gasteiger partial charge in [0, 0.05) is 18.5 Å². The third kappa shape index (κ3) is 3.14. The van der Waals surface area contributed by atoms with Gasteiger partial charge < -0.3 is 5.11 Å². The standard InChI is InChI=1S/C16H18N2OS/c19-14-6-3-5-13(11-14)12-20-18-10-4-8-16(18)15-7-1-2-9-17-15/h1-3,5-7,9,11,16,19H,4,8,10,12H2. The lowest BCUT2D eigenvalue weighted by Gasteiger charge is -2.22. The number of aromatic hydroxyl groups is 1. The van der Waals surface area contributed by atoms with E-state index in [1.54, 1.807) is 6.07 Å². The molecule has 2 aromatic rings. The molecule has 1 atom stereocenters. The van der Waals surface area contributed by atoms with Crippen molar-refractivity contribution in [3.63, 3.8) is 0 Å². The van der Waals surface area contributed by atoms with Crippen molar-refractivity contribution in [2.45, 2.75) is 24.6 Å². The zero-order valence-corrected chi connectivity index (χ0v) is 12.1. The van der Waals surface area contributed by atoms with Crippen LogP contribution in [0, 0.1) is 0 Å². The molecule has 4 heteroatoms. The Morgan fingerprint density at radius 1 is 1.25 bits per heavy atom. The predicted octanol–water partition coefficient (Wildman–Crippen LogP) is 3.77. The maximum atomic E-state index is 9.50. The van der Waals surface area contributed by atoms with Crippen LogP contribution in [0.15, 0.2) is 48.7 Å². The van der Waals surface area contributed by atoms with E-state index in [-0.39, 0.29) is 0 Å². The molecule has 2 heterocycles. The van der Waals surface area contributed by atoms with Gasteiger partial charge in [-0.05, 0) is 42.7 Å². The van der Waals surface area contributed by atoms with Crippen molar-refractivity contribution in [2.75, 3.05) is 6.54 Å². The molecule has 1 fully saturated rings. The van der Waals surface area contributed by atoms with E-state index < -0.39 is 0 Å². The highest BCUT2D eigenvalue weighted by molar-refractivity contribution is 7.96. The summed E-state index contributed by atoms with van der Waals surface area (Å²) in [7, 11) is 0. The van der Waals surface area contributed by atoms with E-state index in [0.717, 1.165) is 23.6 Å². The number of hydrogen-bond acceptors (Lipinski definition) is 4. The molecule has 0 amide bonds. The molecule has 20 heavy (non-hydrogen) atoms. The lowest BCUT2D eigenvalue weighted by molar-refractivity contribution is 0.442. The van der Waals surface area contributed by atoms with E-state index >= 15 is 0 Å². The first-order chi connectivity index (χ1) is 9.83. The summed E-state index contributed by atoms with van der Waals surface area (Å²) in [4.78, 5) is 4.49. The van der Waals surface area contributed by atoms with Crippen LogP contribution in [0.25, 0.3) is 0 Å². The second kappa shape index (κ2) is 6.29. The first-order valence-electron chi connectivity index (χ1n) is 6.91. The van der Waals surface area contributed by atoms with Crippen molar-refractivity contribution < 1.29 is 5.11 Å². The summed E-state index contributed by atoms with van der Waals surface area (Å²) in [5.41, 5.74) is 2.31. The molecular weight excluding hydrogens is 268 g/mol. The minimum absolute atomic E-state index is 0.339. The van der Waals surface area contributed by atoms with Crippen LogP contribution in [-0.4, -0.2) is 20.9 Å². The van der Waals surface area contributed by atoms with Crippen LogP contribution in [0.1, 0.15) is 30.1 Å². The third-order valence-corrected chi connectivity index (χ3v) is 4.77. The number of nitrogens with zero attached hydrogens (tertiary/aromatic N) is 2. The second-order valence-electron chi connectivity index (χ2n) is 5.00. The Morgan fingerprint density at radius 2 is 2.20 bits per heavy atom. The normalized spacial score (nSPS) is 19.3. The largest absolute Gasteiger partial charge is 0.508 e. The van der Waals surface area contributed by atoms with Crippen LogP contribution in [0.4, 0.5) is 0 Å². The molecule has 3 rings (SSSR count). The fourth-order valence-electron chi connectivity index (χ4n) is 2.57.